The molecule has 0 bridgehead atoms. The van der Waals surface area contributed by atoms with E-state index in [0.29, 0.717) is 37.2 Å². The number of nitrogens with two attached hydrogens (primary N) is 1. The molecule has 4 N–H and O–H groups in total. The second-order valence-corrected chi connectivity index (χ2v) is 7.49. The monoisotopic (exact) mass is 422 g/mol. The Morgan fingerprint density at radius 3 is 2.68 bits per heavy atom. The van der Waals surface area contributed by atoms with Gasteiger partial charge >= 0.3 is 0 Å². The van der Waals surface area contributed by atoms with Gasteiger partial charge < -0.3 is 16.4 Å². The van der Waals surface area contributed by atoms with Crippen molar-refractivity contribution in [1.82, 2.24) is 24.8 Å². The highest BCUT2D eigenvalue weighted by atomic mass is 19.1. The summed E-state index contributed by atoms with van der Waals surface area (Å²) in [5.41, 5.74) is 7.04. The van der Waals surface area contributed by atoms with Gasteiger partial charge in [0.05, 0.1) is 23.9 Å². The number of carbonyl (C=O) groups excluding carboxylic acids is 1. The van der Waals surface area contributed by atoms with Gasteiger partial charge in [0.1, 0.15) is 17.5 Å². The maximum atomic E-state index is 13.2. The molecule has 2 aromatic heterocycles. The number of halogens is 1. The number of likely N-dealkylation sites (tertiary alicyclic amines) is 1. The molecule has 1 aliphatic heterocycles. The molecule has 0 radical (unpaired) electrons. The van der Waals surface area contributed by atoms with E-state index in [0.717, 1.165) is 11.3 Å². The summed E-state index contributed by atoms with van der Waals surface area (Å²) in [6, 6.07) is 7.98. The second kappa shape index (κ2) is 9.00. The van der Waals surface area contributed by atoms with Crippen LogP contribution in [0.2, 0.25) is 0 Å². The summed E-state index contributed by atoms with van der Waals surface area (Å²) in [5.74, 6) is 0.865. The molecule has 1 amide bonds. The van der Waals surface area contributed by atoms with Crippen LogP contribution in [-0.4, -0.2) is 43.8 Å². The lowest BCUT2D eigenvalue weighted by atomic mass is 9.99. The largest absolute Gasteiger partial charge is 0.369 e. The minimum atomic E-state index is -0.284. The molecule has 1 aliphatic rings. The third kappa shape index (κ3) is 5.28. The Bertz CT molecular complexity index is 1040. The van der Waals surface area contributed by atoms with Crippen molar-refractivity contribution in [2.45, 2.75) is 19.5 Å². The lowest BCUT2D eigenvalue weighted by molar-refractivity contribution is -0.127. The summed E-state index contributed by atoms with van der Waals surface area (Å²) < 4.78 is 13.2. The standard InChI is InChI=1S/C21H23FN8O/c1-13(14-2-4-16(22)5-3-14)26-21-27-17(12-30-10-15(11-30)20(23)31)8-18(29-21)28-19-9-24-6-7-25-19/h2-9,13,15H,10-12H2,1H3,(H2,23,31)(H2,25,26,27,28,29). The van der Waals surface area contributed by atoms with Gasteiger partial charge in [0.15, 0.2) is 0 Å². The molecule has 10 heteroatoms. The van der Waals surface area contributed by atoms with Crippen molar-refractivity contribution in [1.29, 1.82) is 0 Å². The molecule has 1 atom stereocenters. The third-order valence-electron chi connectivity index (χ3n) is 5.06. The second-order valence-electron chi connectivity index (χ2n) is 7.49. The fourth-order valence-electron chi connectivity index (χ4n) is 3.34. The molecule has 1 saturated heterocycles. The molecule has 1 fully saturated rings. The van der Waals surface area contributed by atoms with Gasteiger partial charge in [-0.2, -0.15) is 4.98 Å². The van der Waals surface area contributed by atoms with E-state index in [1.807, 2.05) is 13.0 Å². The molecular formula is C21H23FN8O. The number of nitrogens with zero attached hydrogens (tertiary/aromatic N) is 5. The predicted molar refractivity (Wildman–Crippen MR) is 114 cm³/mol. The van der Waals surface area contributed by atoms with E-state index in [4.69, 9.17) is 5.73 Å². The number of nitrogens with one attached hydrogen (secondary N) is 2. The van der Waals surface area contributed by atoms with Crippen molar-refractivity contribution >= 4 is 23.5 Å². The molecule has 1 aromatic carbocycles. The van der Waals surface area contributed by atoms with Crippen LogP contribution in [-0.2, 0) is 11.3 Å². The SMILES string of the molecule is CC(Nc1nc(CN2CC(C(N)=O)C2)cc(Nc2cnccn2)n1)c1ccc(F)cc1. The Morgan fingerprint density at radius 2 is 2.00 bits per heavy atom. The first-order valence-corrected chi connectivity index (χ1v) is 9.91. The van der Waals surface area contributed by atoms with Gasteiger partial charge in [0.2, 0.25) is 11.9 Å². The molecule has 3 heterocycles. The van der Waals surface area contributed by atoms with Crippen LogP contribution in [0.25, 0.3) is 0 Å². The average Bonchev–Trinajstić information content (AvgIpc) is 2.71. The fourth-order valence-corrected chi connectivity index (χ4v) is 3.34. The number of anilines is 3. The Morgan fingerprint density at radius 1 is 1.23 bits per heavy atom. The topological polar surface area (TPSA) is 122 Å². The van der Waals surface area contributed by atoms with Crippen LogP contribution < -0.4 is 16.4 Å². The zero-order valence-electron chi connectivity index (χ0n) is 17.0. The van der Waals surface area contributed by atoms with Crippen molar-refractivity contribution in [3.63, 3.8) is 0 Å². The van der Waals surface area contributed by atoms with E-state index in [-0.39, 0.29) is 23.7 Å². The van der Waals surface area contributed by atoms with E-state index in [1.165, 1.54) is 12.1 Å². The molecule has 0 saturated carbocycles. The summed E-state index contributed by atoms with van der Waals surface area (Å²) in [7, 11) is 0. The minimum Gasteiger partial charge on any atom is -0.369 e. The Hall–Kier alpha value is -3.66. The zero-order chi connectivity index (χ0) is 21.8. The van der Waals surface area contributed by atoms with Gasteiger partial charge in [-0.1, -0.05) is 12.1 Å². The van der Waals surface area contributed by atoms with Crippen LogP contribution in [0.4, 0.5) is 22.0 Å². The number of carbonyl (C=O) groups is 1. The van der Waals surface area contributed by atoms with Crippen molar-refractivity contribution < 1.29 is 9.18 Å². The maximum Gasteiger partial charge on any atom is 0.225 e. The summed E-state index contributed by atoms with van der Waals surface area (Å²) in [6.45, 7) is 3.73. The first kappa shape index (κ1) is 20.6. The highest BCUT2D eigenvalue weighted by Crippen LogP contribution is 2.23. The van der Waals surface area contributed by atoms with Gasteiger partial charge in [0, 0.05) is 38.1 Å². The van der Waals surface area contributed by atoms with Crippen molar-refractivity contribution in [2.75, 3.05) is 23.7 Å². The van der Waals surface area contributed by atoms with Gasteiger partial charge in [-0.05, 0) is 24.6 Å². The van der Waals surface area contributed by atoms with E-state index in [1.54, 1.807) is 30.7 Å². The molecule has 9 nitrogen and oxygen atoms in total. The van der Waals surface area contributed by atoms with Gasteiger partial charge in [-0.25, -0.2) is 14.4 Å². The quantitative estimate of drug-likeness (QED) is 0.505. The van der Waals surface area contributed by atoms with Gasteiger partial charge in [0.25, 0.3) is 0 Å². The number of hydrogen-bond acceptors (Lipinski definition) is 8. The number of primary amides is 1. The summed E-state index contributed by atoms with van der Waals surface area (Å²) >= 11 is 0. The maximum absolute atomic E-state index is 13.2. The van der Waals surface area contributed by atoms with E-state index < -0.39 is 0 Å². The van der Waals surface area contributed by atoms with Gasteiger partial charge in [-0.15, -0.1) is 0 Å². The Balaban J connectivity index is 1.53. The van der Waals surface area contributed by atoms with Crippen molar-refractivity contribution in [2.24, 2.45) is 11.7 Å². The minimum absolute atomic E-state index is 0.116. The first-order valence-electron chi connectivity index (χ1n) is 9.91. The molecular weight excluding hydrogens is 399 g/mol. The molecule has 1 unspecified atom stereocenters. The Labute approximate surface area is 178 Å². The highest BCUT2D eigenvalue weighted by molar-refractivity contribution is 5.78. The third-order valence-corrected chi connectivity index (χ3v) is 5.06. The number of aromatic nitrogens is 4. The molecule has 3 aromatic rings. The van der Waals surface area contributed by atoms with Crippen molar-refractivity contribution in [3.8, 4) is 0 Å². The van der Waals surface area contributed by atoms with Gasteiger partial charge in [-0.3, -0.25) is 14.7 Å². The fraction of sp³-hybridized carbons (Fsp3) is 0.286. The molecule has 4 rings (SSSR count). The normalized spacial score (nSPS) is 15.2. The zero-order valence-corrected chi connectivity index (χ0v) is 17.0. The first-order chi connectivity index (χ1) is 15.0. The van der Waals surface area contributed by atoms with Crippen LogP contribution in [0, 0.1) is 11.7 Å². The van der Waals surface area contributed by atoms with Crippen LogP contribution in [0.1, 0.15) is 24.2 Å². The van der Waals surface area contributed by atoms with Crippen molar-refractivity contribution in [3.05, 3.63) is 66.0 Å². The highest BCUT2D eigenvalue weighted by Gasteiger charge is 2.31. The average molecular weight is 422 g/mol. The lowest BCUT2D eigenvalue weighted by Crippen LogP contribution is -2.51. The number of amides is 1. The molecule has 0 aliphatic carbocycles. The van der Waals surface area contributed by atoms with Crippen LogP contribution in [0.15, 0.2) is 48.9 Å². The van der Waals surface area contributed by atoms with E-state index in [9.17, 15) is 9.18 Å². The predicted octanol–water partition coefficient (Wildman–Crippen LogP) is 2.24. The summed E-state index contributed by atoms with van der Waals surface area (Å²) in [6.07, 6.45) is 4.78. The van der Waals surface area contributed by atoms with E-state index >= 15 is 0 Å². The van der Waals surface area contributed by atoms with Crippen LogP contribution in [0.5, 0.6) is 0 Å². The van der Waals surface area contributed by atoms with E-state index in [2.05, 4.69) is 35.5 Å². The molecule has 31 heavy (non-hydrogen) atoms. The Kier molecular flexibility index (Phi) is 5.99. The van der Waals surface area contributed by atoms with Crippen LogP contribution in [0.3, 0.4) is 0 Å². The lowest BCUT2D eigenvalue weighted by Gasteiger charge is -2.37. The number of benzene rings is 1. The summed E-state index contributed by atoms with van der Waals surface area (Å²) in [4.78, 5) is 30.8. The molecule has 0 spiro atoms. The van der Waals surface area contributed by atoms with Crippen LogP contribution >= 0.6 is 0 Å². The summed E-state index contributed by atoms with van der Waals surface area (Å²) in [5, 5.41) is 6.40. The number of rotatable bonds is 8. The smallest absolute Gasteiger partial charge is 0.225 e. The number of hydrogen-bond donors (Lipinski definition) is 3. The molecule has 160 valence electrons.